The number of carbonyl (C=O) groups is 1. The van der Waals surface area contributed by atoms with Crippen LogP contribution < -0.4 is 10.2 Å². The monoisotopic (exact) mass is 313 g/mol. The van der Waals surface area contributed by atoms with Crippen LogP contribution in [0.2, 0.25) is 0 Å². The molecule has 23 heavy (non-hydrogen) atoms. The standard InChI is InChI=1S/C17H23N5O/c1-12-8-15(20-17(23)14-9-19-21(3)11-14)10-18-16(12)22-7-5-4-6-13(22)2/h8-11,13H,4-7H2,1-3H3,(H,20,23). The number of rotatable bonds is 3. The molecular weight excluding hydrogens is 290 g/mol. The van der Waals surface area contributed by atoms with E-state index in [0.717, 1.165) is 17.9 Å². The van der Waals surface area contributed by atoms with Crippen molar-refractivity contribution in [2.45, 2.75) is 39.2 Å². The summed E-state index contributed by atoms with van der Waals surface area (Å²) in [7, 11) is 1.79. The first-order valence-electron chi connectivity index (χ1n) is 8.08. The highest BCUT2D eigenvalue weighted by atomic mass is 16.1. The molecule has 3 heterocycles. The van der Waals surface area contributed by atoms with Crippen LogP contribution in [0.15, 0.2) is 24.7 Å². The maximum Gasteiger partial charge on any atom is 0.258 e. The molecule has 2 aromatic heterocycles. The molecule has 0 radical (unpaired) electrons. The smallest absolute Gasteiger partial charge is 0.258 e. The second-order valence-corrected chi connectivity index (χ2v) is 6.26. The molecule has 0 spiro atoms. The number of aromatic nitrogens is 3. The molecule has 1 aliphatic heterocycles. The van der Waals surface area contributed by atoms with E-state index < -0.39 is 0 Å². The first-order chi connectivity index (χ1) is 11.0. The van der Waals surface area contributed by atoms with Crippen LogP contribution in [0.5, 0.6) is 0 Å². The molecule has 0 saturated carbocycles. The van der Waals surface area contributed by atoms with Gasteiger partial charge < -0.3 is 10.2 Å². The Bertz CT molecular complexity index is 709. The minimum absolute atomic E-state index is 0.168. The zero-order valence-electron chi connectivity index (χ0n) is 13.9. The van der Waals surface area contributed by atoms with Gasteiger partial charge in [0.15, 0.2) is 0 Å². The van der Waals surface area contributed by atoms with Gasteiger partial charge in [-0.15, -0.1) is 0 Å². The van der Waals surface area contributed by atoms with Gasteiger partial charge in [-0.2, -0.15) is 5.10 Å². The maximum absolute atomic E-state index is 12.2. The van der Waals surface area contributed by atoms with E-state index in [4.69, 9.17) is 0 Å². The number of hydrogen-bond donors (Lipinski definition) is 1. The van der Waals surface area contributed by atoms with E-state index in [9.17, 15) is 4.79 Å². The minimum atomic E-state index is -0.168. The van der Waals surface area contributed by atoms with Crippen molar-refractivity contribution in [3.8, 4) is 0 Å². The number of aryl methyl sites for hydroxylation is 2. The van der Waals surface area contributed by atoms with Gasteiger partial charge in [0.2, 0.25) is 0 Å². The molecule has 6 heteroatoms. The van der Waals surface area contributed by atoms with Gasteiger partial charge >= 0.3 is 0 Å². The third-order valence-electron chi connectivity index (χ3n) is 4.35. The Balaban J connectivity index is 1.75. The van der Waals surface area contributed by atoms with Crippen LogP contribution in [0.3, 0.4) is 0 Å². The lowest BCUT2D eigenvalue weighted by atomic mass is 10.0. The Labute approximate surface area is 136 Å². The van der Waals surface area contributed by atoms with Gasteiger partial charge in [-0.1, -0.05) is 0 Å². The Morgan fingerprint density at radius 3 is 2.83 bits per heavy atom. The summed E-state index contributed by atoms with van der Waals surface area (Å²) in [5, 5.41) is 6.89. The van der Waals surface area contributed by atoms with Crippen LogP contribution in [0.1, 0.15) is 42.1 Å². The van der Waals surface area contributed by atoms with E-state index >= 15 is 0 Å². The summed E-state index contributed by atoms with van der Waals surface area (Å²) in [6, 6.07) is 2.50. The van der Waals surface area contributed by atoms with Crippen molar-refractivity contribution >= 4 is 17.4 Å². The molecule has 0 aliphatic carbocycles. The number of nitrogens with one attached hydrogen (secondary N) is 1. The number of pyridine rings is 1. The molecule has 0 bridgehead atoms. The van der Waals surface area contributed by atoms with Crippen LogP contribution in [0, 0.1) is 6.92 Å². The highest BCUT2D eigenvalue weighted by molar-refractivity contribution is 6.03. The number of carbonyl (C=O) groups excluding carboxylic acids is 1. The molecular formula is C17H23N5O. The second kappa shape index (κ2) is 6.40. The number of hydrogen-bond acceptors (Lipinski definition) is 4. The molecule has 0 aromatic carbocycles. The molecule has 1 fully saturated rings. The molecule has 1 atom stereocenters. The molecule has 1 saturated heterocycles. The van der Waals surface area contributed by atoms with Gasteiger partial charge in [0.1, 0.15) is 5.82 Å². The lowest BCUT2D eigenvalue weighted by Gasteiger charge is -2.35. The van der Waals surface area contributed by atoms with Crippen LogP contribution in [-0.2, 0) is 7.05 Å². The lowest BCUT2D eigenvalue weighted by Crippen LogP contribution is -2.38. The SMILES string of the molecule is Cc1cc(NC(=O)c2cnn(C)c2)cnc1N1CCCCC1C. The van der Waals surface area contributed by atoms with Crippen molar-refractivity contribution in [2.24, 2.45) is 7.05 Å². The van der Waals surface area contributed by atoms with Crippen LogP contribution in [0.4, 0.5) is 11.5 Å². The van der Waals surface area contributed by atoms with Gasteiger partial charge in [0.05, 0.1) is 23.6 Å². The van der Waals surface area contributed by atoms with Gasteiger partial charge in [-0.25, -0.2) is 4.98 Å². The van der Waals surface area contributed by atoms with Crippen molar-refractivity contribution in [1.82, 2.24) is 14.8 Å². The van der Waals surface area contributed by atoms with Crippen molar-refractivity contribution in [1.29, 1.82) is 0 Å². The maximum atomic E-state index is 12.2. The fraction of sp³-hybridized carbons (Fsp3) is 0.471. The normalized spacial score (nSPS) is 18.0. The van der Waals surface area contributed by atoms with E-state index in [1.54, 1.807) is 30.3 Å². The molecule has 3 rings (SSSR count). The van der Waals surface area contributed by atoms with Gasteiger partial charge in [-0.3, -0.25) is 9.48 Å². The molecule has 1 unspecified atom stereocenters. The predicted molar refractivity (Wildman–Crippen MR) is 90.8 cm³/mol. The minimum Gasteiger partial charge on any atom is -0.354 e. The Morgan fingerprint density at radius 2 is 2.17 bits per heavy atom. The molecule has 122 valence electrons. The summed E-state index contributed by atoms with van der Waals surface area (Å²) in [6.45, 7) is 5.35. The third-order valence-corrected chi connectivity index (χ3v) is 4.35. The topological polar surface area (TPSA) is 63.1 Å². The quantitative estimate of drug-likeness (QED) is 0.946. The summed E-state index contributed by atoms with van der Waals surface area (Å²) in [6.07, 6.45) is 8.69. The van der Waals surface area contributed by atoms with Gasteiger partial charge in [-0.05, 0) is 44.7 Å². The zero-order chi connectivity index (χ0) is 16.4. The first kappa shape index (κ1) is 15.5. The summed E-state index contributed by atoms with van der Waals surface area (Å²) in [5.74, 6) is 0.856. The average Bonchev–Trinajstić information content (AvgIpc) is 2.95. The van der Waals surface area contributed by atoms with Crippen LogP contribution >= 0.6 is 0 Å². The van der Waals surface area contributed by atoms with Gasteiger partial charge in [0, 0.05) is 25.8 Å². The number of anilines is 2. The average molecular weight is 313 g/mol. The Hall–Kier alpha value is -2.37. The first-order valence-corrected chi connectivity index (χ1v) is 8.08. The number of amides is 1. The molecule has 1 amide bonds. The Kier molecular flexibility index (Phi) is 4.32. The van der Waals surface area contributed by atoms with E-state index in [2.05, 4.69) is 27.2 Å². The van der Waals surface area contributed by atoms with Crippen LogP contribution in [-0.4, -0.2) is 33.3 Å². The third kappa shape index (κ3) is 3.36. The fourth-order valence-corrected chi connectivity index (χ4v) is 3.09. The number of nitrogens with zero attached hydrogens (tertiary/aromatic N) is 4. The van der Waals surface area contributed by atoms with Crippen molar-refractivity contribution in [2.75, 3.05) is 16.8 Å². The molecule has 2 aromatic rings. The molecule has 1 N–H and O–H groups in total. The largest absolute Gasteiger partial charge is 0.354 e. The predicted octanol–water partition coefficient (Wildman–Crippen LogP) is 2.75. The van der Waals surface area contributed by atoms with E-state index in [1.165, 1.54) is 19.3 Å². The van der Waals surface area contributed by atoms with Crippen molar-refractivity contribution in [3.05, 3.63) is 35.8 Å². The van der Waals surface area contributed by atoms with E-state index in [1.807, 2.05) is 13.0 Å². The summed E-state index contributed by atoms with van der Waals surface area (Å²) >= 11 is 0. The summed E-state index contributed by atoms with van der Waals surface area (Å²) in [5.41, 5.74) is 2.34. The zero-order valence-corrected chi connectivity index (χ0v) is 13.9. The van der Waals surface area contributed by atoms with E-state index in [-0.39, 0.29) is 5.91 Å². The number of piperidine rings is 1. The highest BCUT2D eigenvalue weighted by Gasteiger charge is 2.21. The van der Waals surface area contributed by atoms with Crippen molar-refractivity contribution < 1.29 is 4.79 Å². The molecule has 1 aliphatic rings. The Morgan fingerprint density at radius 1 is 1.35 bits per heavy atom. The fourth-order valence-electron chi connectivity index (χ4n) is 3.09. The second-order valence-electron chi connectivity index (χ2n) is 6.26. The van der Waals surface area contributed by atoms with E-state index in [0.29, 0.717) is 17.3 Å². The van der Waals surface area contributed by atoms with Crippen molar-refractivity contribution in [3.63, 3.8) is 0 Å². The van der Waals surface area contributed by atoms with Crippen LogP contribution in [0.25, 0.3) is 0 Å². The van der Waals surface area contributed by atoms with Gasteiger partial charge in [0.25, 0.3) is 5.91 Å². The molecule has 6 nitrogen and oxygen atoms in total. The highest BCUT2D eigenvalue weighted by Crippen LogP contribution is 2.27. The summed E-state index contributed by atoms with van der Waals surface area (Å²) < 4.78 is 1.61. The lowest BCUT2D eigenvalue weighted by molar-refractivity contribution is 0.102. The summed E-state index contributed by atoms with van der Waals surface area (Å²) in [4.78, 5) is 19.1.